The van der Waals surface area contributed by atoms with Crippen molar-refractivity contribution < 1.29 is 13.2 Å². The van der Waals surface area contributed by atoms with Gasteiger partial charge in [0.2, 0.25) is 0 Å². The lowest BCUT2D eigenvalue weighted by Gasteiger charge is -2.36. The number of piperazine rings is 1. The highest BCUT2D eigenvalue weighted by Crippen LogP contribution is 2.21. The Kier molecular flexibility index (Phi) is 7.73. The molecule has 3 aromatic carbocycles. The van der Waals surface area contributed by atoms with Crippen LogP contribution in [0, 0.1) is 13.8 Å². The first kappa shape index (κ1) is 24.8. The van der Waals surface area contributed by atoms with Crippen LogP contribution in [0.3, 0.4) is 0 Å². The molecule has 8 heteroatoms. The zero-order valence-electron chi connectivity index (χ0n) is 20.2. The Morgan fingerprint density at radius 3 is 2.37 bits per heavy atom. The monoisotopic (exact) mass is 492 g/mol. The van der Waals surface area contributed by atoms with E-state index >= 15 is 0 Å². The van der Waals surface area contributed by atoms with Gasteiger partial charge in [-0.25, -0.2) is 8.42 Å². The molecule has 2 N–H and O–H groups in total. The first-order valence-electron chi connectivity index (χ1n) is 11.8. The van der Waals surface area contributed by atoms with Crippen LogP contribution in [0.15, 0.2) is 77.7 Å². The first-order valence-corrected chi connectivity index (χ1v) is 13.3. The van der Waals surface area contributed by atoms with Crippen molar-refractivity contribution in [3.8, 4) is 0 Å². The number of sulfonamides is 1. The molecule has 0 bridgehead atoms. The second kappa shape index (κ2) is 10.9. The molecule has 7 nitrogen and oxygen atoms in total. The topological polar surface area (TPSA) is 81.7 Å². The Balaban J connectivity index is 1.29. The summed E-state index contributed by atoms with van der Waals surface area (Å²) in [5.41, 5.74) is 3.55. The maximum atomic E-state index is 12.9. The van der Waals surface area contributed by atoms with E-state index in [0.717, 1.165) is 38.3 Å². The van der Waals surface area contributed by atoms with E-state index in [9.17, 15) is 13.2 Å². The molecule has 0 radical (unpaired) electrons. The number of nitrogens with zero attached hydrogens (tertiary/aromatic N) is 2. The minimum atomic E-state index is -3.76. The Morgan fingerprint density at radius 2 is 1.63 bits per heavy atom. The Hall–Kier alpha value is -3.36. The maximum Gasteiger partial charge on any atom is 0.262 e. The molecule has 0 saturated carbocycles. The summed E-state index contributed by atoms with van der Waals surface area (Å²) < 4.78 is 28.4. The summed E-state index contributed by atoms with van der Waals surface area (Å²) in [6, 6.07) is 22.3. The number of aryl methyl sites for hydroxylation is 2. The molecule has 3 aromatic rings. The smallest absolute Gasteiger partial charge is 0.262 e. The third kappa shape index (κ3) is 6.41. The lowest BCUT2D eigenvalue weighted by Crippen LogP contribution is -2.48. The molecule has 1 fully saturated rings. The minimum Gasteiger partial charge on any atom is -0.369 e. The van der Waals surface area contributed by atoms with Gasteiger partial charge in [-0.3, -0.25) is 14.4 Å². The van der Waals surface area contributed by atoms with Crippen molar-refractivity contribution in [1.29, 1.82) is 0 Å². The minimum absolute atomic E-state index is 0.222. The van der Waals surface area contributed by atoms with Gasteiger partial charge in [0.25, 0.3) is 15.9 Å². The molecule has 1 aliphatic heterocycles. The van der Waals surface area contributed by atoms with Crippen LogP contribution in [0.5, 0.6) is 0 Å². The molecule has 1 amide bonds. The van der Waals surface area contributed by atoms with Crippen LogP contribution in [-0.2, 0) is 10.0 Å². The molecule has 0 atom stereocenters. The number of carbonyl (C=O) groups excluding carboxylic acids is 1. The van der Waals surface area contributed by atoms with Crippen molar-refractivity contribution in [1.82, 2.24) is 10.2 Å². The average molecular weight is 493 g/mol. The molecule has 35 heavy (non-hydrogen) atoms. The summed E-state index contributed by atoms with van der Waals surface area (Å²) in [6.07, 6.45) is 0. The summed E-state index contributed by atoms with van der Waals surface area (Å²) in [7, 11) is -3.76. The number of benzene rings is 3. The van der Waals surface area contributed by atoms with Crippen LogP contribution in [0.4, 0.5) is 11.4 Å². The fraction of sp³-hybridized carbons (Fsp3) is 0.296. The Labute approximate surface area is 207 Å². The zero-order valence-corrected chi connectivity index (χ0v) is 21.0. The van der Waals surface area contributed by atoms with Gasteiger partial charge in [-0.2, -0.15) is 0 Å². The summed E-state index contributed by atoms with van der Waals surface area (Å²) >= 11 is 0. The number of amides is 1. The van der Waals surface area contributed by atoms with Gasteiger partial charge in [-0.15, -0.1) is 0 Å². The summed E-state index contributed by atoms with van der Waals surface area (Å²) in [4.78, 5) is 17.6. The van der Waals surface area contributed by atoms with E-state index < -0.39 is 10.0 Å². The summed E-state index contributed by atoms with van der Waals surface area (Å²) in [6.45, 7) is 8.73. The SMILES string of the molecule is Cc1ccc(C)c(S(=O)(=O)Nc2cccc(C(=O)NCCN3CCN(c4ccccc4)CC3)c2)c1. The van der Waals surface area contributed by atoms with E-state index in [4.69, 9.17) is 0 Å². The number of rotatable bonds is 8. The predicted octanol–water partition coefficient (Wildman–Crippen LogP) is 3.66. The number of para-hydroxylation sites is 1. The number of hydrogen-bond acceptors (Lipinski definition) is 5. The van der Waals surface area contributed by atoms with Crippen LogP contribution < -0.4 is 14.9 Å². The summed E-state index contributed by atoms with van der Waals surface area (Å²) in [5, 5.41) is 2.96. The predicted molar refractivity (Wildman–Crippen MR) is 141 cm³/mol. The second-order valence-corrected chi connectivity index (χ2v) is 10.5. The van der Waals surface area contributed by atoms with E-state index in [1.165, 1.54) is 5.69 Å². The van der Waals surface area contributed by atoms with E-state index in [2.05, 4.69) is 44.1 Å². The lowest BCUT2D eigenvalue weighted by molar-refractivity contribution is 0.0948. The van der Waals surface area contributed by atoms with Crippen molar-refractivity contribution in [3.05, 3.63) is 89.5 Å². The number of carbonyl (C=O) groups is 1. The van der Waals surface area contributed by atoms with Crippen molar-refractivity contribution in [3.63, 3.8) is 0 Å². The average Bonchev–Trinajstić information content (AvgIpc) is 2.86. The lowest BCUT2D eigenvalue weighted by atomic mass is 10.2. The summed E-state index contributed by atoms with van der Waals surface area (Å²) in [5.74, 6) is -0.222. The van der Waals surface area contributed by atoms with Crippen LogP contribution in [0.2, 0.25) is 0 Å². The normalized spacial score (nSPS) is 14.5. The fourth-order valence-electron chi connectivity index (χ4n) is 4.23. The molecule has 0 unspecified atom stereocenters. The van der Waals surface area contributed by atoms with Crippen molar-refractivity contribution >= 4 is 27.3 Å². The van der Waals surface area contributed by atoms with Gasteiger partial charge in [0.1, 0.15) is 0 Å². The second-order valence-electron chi connectivity index (χ2n) is 8.88. The van der Waals surface area contributed by atoms with Gasteiger partial charge < -0.3 is 10.2 Å². The van der Waals surface area contributed by atoms with E-state index in [1.807, 2.05) is 19.1 Å². The first-order chi connectivity index (χ1) is 16.8. The molecule has 4 rings (SSSR count). The molecular formula is C27H32N4O3S. The molecule has 0 spiro atoms. The van der Waals surface area contributed by atoms with E-state index in [0.29, 0.717) is 23.4 Å². The Morgan fingerprint density at radius 1 is 0.886 bits per heavy atom. The van der Waals surface area contributed by atoms with Crippen LogP contribution in [0.25, 0.3) is 0 Å². The number of nitrogens with one attached hydrogen (secondary N) is 2. The van der Waals surface area contributed by atoms with Gasteiger partial charge in [0, 0.05) is 56.2 Å². The zero-order chi connectivity index (χ0) is 24.8. The van der Waals surface area contributed by atoms with Crippen molar-refractivity contribution in [2.45, 2.75) is 18.7 Å². The highest BCUT2D eigenvalue weighted by Gasteiger charge is 2.19. The Bertz CT molecular complexity index is 1270. The quantitative estimate of drug-likeness (QED) is 0.502. The van der Waals surface area contributed by atoms with Gasteiger partial charge >= 0.3 is 0 Å². The van der Waals surface area contributed by atoms with Gasteiger partial charge in [0.15, 0.2) is 0 Å². The third-order valence-electron chi connectivity index (χ3n) is 6.22. The molecule has 0 aliphatic carbocycles. The maximum absolute atomic E-state index is 12.9. The van der Waals surface area contributed by atoms with E-state index in [-0.39, 0.29) is 10.8 Å². The molecule has 1 saturated heterocycles. The highest BCUT2D eigenvalue weighted by molar-refractivity contribution is 7.92. The number of anilines is 2. The number of hydrogen-bond donors (Lipinski definition) is 2. The van der Waals surface area contributed by atoms with Gasteiger partial charge in [-0.05, 0) is 61.4 Å². The fourth-order valence-corrected chi connectivity index (χ4v) is 5.61. The standard InChI is InChI=1S/C27H32N4O3S/c1-21-11-12-22(2)26(19-21)35(33,34)29-24-8-6-7-23(20-24)27(32)28-13-14-30-15-17-31(18-16-30)25-9-4-3-5-10-25/h3-12,19-20,29H,13-18H2,1-2H3,(H,28,32). The molecule has 1 aliphatic rings. The van der Waals surface area contributed by atoms with Crippen molar-refractivity contribution in [2.24, 2.45) is 0 Å². The third-order valence-corrected chi connectivity index (χ3v) is 7.74. The molecule has 184 valence electrons. The van der Waals surface area contributed by atoms with Crippen LogP contribution >= 0.6 is 0 Å². The van der Waals surface area contributed by atoms with Gasteiger partial charge in [0.05, 0.1) is 4.90 Å². The van der Waals surface area contributed by atoms with Crippen molar-refractivity contribution in [2.75, 3.05) is 48.9 Å². The van der Waals surface area contributed by atoms with Crippen LogP contribution in [0.1, 0.15) is 21.5 Å². The molecule has 0 aromatic heterocycles. The largest absolute Gasteiger partial charge is 0.369 e. The molecular weight excluding hydrogens is 460 g/mol. The van der Waals surface area contributed by atoms with Gasteiger partial charge in [-0.1, -0.05) is 36.4 Å². The van der Waals surface area contributed by atoms with Crippen LogP contribution in [-0.4, -0.2) is 58.5 Å². The van der Waals surface area contributed by atoms with E-state index in [1.54, 1.807) is 43.3 Å². The molecule has 1 heterocycles. The highest BCUT2D eigenvalue weighted by atomic mass is 32.2.